The van der Waals surface area contributed by atoms with Gasteiger partial charge in [0.15, 0.2) is 0 Å². The molecule has 0 fully saturated rings. The first kappa shape index (κ1) is 13.6. The molecule has 0 aliphatic heterocycles. The number of aromatic hydroxyl groups is 1. The van der Waals surface area contributed by atoms with E-state index in [1.54, 1.807) is 12.1 Å². The quantitative estimate of drug-likeness (QED) is 0.752. The van der Waals surface area contributed by atoms with Crippen LogP contribution in [0.25, 0.3) is 10.8 Å². The maximum Gasteiger partial charge on any atom is 0.283 e. The van der Waals surface area contributed by atoms with Crippen molar-refractivity contribution in [3.05, 3.63) is 35.4 Å². The Morgan fingerprint density at radius 3 is 2.47 bits per heavy atom. The van der Waals surface area contributed by atoms with Gasteiger partial charge in [0.25, 0.3) is 10.1 Å². The fourth-order valence-electron chi connectivity index (χ4n) is 2.01. The summed E-state index contributed by atoms with van der Waals surface area (Å²) in [6.45, 7) is 3.71. The maximum absolute atomic E-state index is 10.7. The number of benzene rings is 2. The summed E-state index contributed by atoms with van der Waals surface area (Å²) in [7, 11) is -4.08. The van der Waals surface area contributed by atoms with Crippen LogP contribution in [0.4, 0.5) is 5.69 Å². The van der Waals surface area contributed by atoms with Crippen LogP contribution in [0.3, 0.4) is 0 Å². The van der Waals surface area contributed by atoms with Gasteiger partial charge in [0.05, 0.1) is 0 Å². The van der Waals surface area contributed by atoms with Crippen LogP contribution in [0.1, 0.15) is 11.1 Å². The van der Waals surface area contributed by atoms with Gasteiger partial charge in [-0.3, -0.25) is 4.55 Å². The van der Waals surface area contributed by atoms with Gasteiger partial charge in [-0.05, 0) is 48.6 Å². The number of hydrogen-bond acceptors (Lipinski definition) is 4. The summed E-state index contributed by atoms with van der Waals surface area (Å²) in [5.74, 6) is -0.420. The second-order valence-electron chi connectivity index (χ2n) is 4.58. The van der Waals surface area contributed by atoms with Crippen molar-refractivity contribution in [1.29, 1.82) is 0 Å². The molecule has 0 aromatic heterocycles. The van der Waals surface area contributed by atoms with Crippen molar-refractivity contribution in [2.24, 2.45) is 0 Å². The summed E-state index contributed by atoms with van der Waals surface area (Å²) >= 11 is 0. The third-order valence-electron chi connectivity index (χ3n) is 2.87. The second kappa shape index (κ2) is 4.71. The maximum atomic E-state index is 10.7. The summed E-state index contributed by atoms with van der Waals surface area (Å²) < 4.78 is 30.2. The molecule has 102 valence electrons. The van der Waals surface area contributed by atoms with E-state index in [2.05, 4.69) is 5.32 Å². The summed E-state index contributed by atoms with van der Waals surface area (Å²) in [6.07, 6.45) is 0. The Balaban J connectivity index is 2.49. The number of anilines is 1. The molecule has 6 heteroatoms. The van der Waals surface area contributed by atoms with Crippen molar-refractivity contribution >= 4 is 26.6 Å². The lowest BCUT2D eigenvalue weighted by molar-refractivity contribution is 0.481. The predicted octanol–water partition coefficient (Wildman–Crippen LogP) is 2.42. The van der Waals surface area contributed by atoms with Crippen LogP contribution in [0.5, 0.6) is 5.75 Å². The van der Waals surface area contributed by atoms with E-state index in [0.29, 0.717) is 11.1 Å². The summed E-state index contributed by atoms with van der Waals surface area (Å²) in [6, 6.07) is 7.11. The number of fused-ring (bicyclic) bond motifs is 1. The van der Waals surface area contributed by atoms with Crippen LogP contribution in [-0.4, -0.2) is 24.0 Å². The zero-order chi connectivity index (χ0) is 14.2. The van der Waals surface area contributed by atoms with Gasteiger partial charge in [0.1, 0.15) is 11.6 Å². The molecule has 0 saturated carbocycles. The molecule has 19 heavy (non-hydrogen) atoms. The molecular formula is C13H15NO4S. The zero-order valence-electron chi connectivity index (χ0n) is 10.6. The molecule has 5 nitrogen and oxygen atoms in total. The van der Waals surface area contributed by atoms with Crippen molar-refractivity contribution in [3.63, 3.8) is 0 Å². The molecule has 0 saturated heterocycles. The number of hydrogen-bond donors (Lipinski definition) is 3. The number of rotatable bonds is 3. The summed E-state index contributed by atoms with van der Waals surface area (Å²) in [5, 5.41) is 14.1. The standard InChI is InChI=1S/C13H15NO4S/c1-8-3-10-5-9(2)12(14-7-19(16,17)18)6-11(10)13(15)4-8/h3-6,14-15H,7H2,1-2H3,(H,16,17,18). The Hall–Kier alpha value is -1.79. The van der Waals surface area contributed by atoms with E-state index in [4.69, 9.17) is 4.55 Å². The lowest BCUT2D eigenvalue weighted by atomic mass is 10.0. The SMILES string of the molecule is Cc1cc(O)c2cc(NCS(=O)(=O)O)c(C)cc2c1. The third-order valence-corrected chi connectivity index (χ3v) is 3.37. The molecule has 0 unspecified atom stereocenters. The highest BCUT2D eigenvalue weighted by molar-refractivity contribution is 7.85. The number of aryl methyl sites for hydroxylation is 2. The average molecular weight is 281 g/mol. The molecule has 0 aliphatic rings. The minimum atomic E-state index is -4.08. The normalized spacial score (nSPS) is 11.7. The lowest BCUT2D eigenvalue weighted by Gasteiger charge is -2.11. The fourth-order valence-corrected chi connectivity index (χ4v) is 2.35. The summed E-state index contributed by atoms with van der Waals surface area (Å²) in [4.78, 5) is 0. The van der Waals surface area contributed by atoms with Crippen molar-refractivity contribution in [2.75, 3.05) is 11.2 Å². The van der Waals surface area contributed by atoms with Crippen LogP contribution in [0.2, 0.25) is 0 Å². The molecule has 0 heterocycles. The van der Waals surface area contributed by atoms with Gasteiger partial charge in [-0.1, -0.05) is 6.07 Å². The van der Waals surface area contributed by atoms with E-state index in [0.717, 1.165) is 16.5 Å². The van der Waals surface area contributed by atoms with Gasteiger partial charge in [-0.15, -0.1) is 0 Å². The summed E-state index contributed by atoms with van der Waals surface area (Å²) in [5.41, 5.74) is 2.34. The minimum absolute atomic E-state index is 0.143. The number of phenolic OH excluding ortho intramolecular Hbond substituents is 1. The molecule has 2 aromatic rings. The first-order valence-electron chi connectivity index (χ1n) is 5.69. The lowest BCUT2D eigenvalue weighted by Crippen LogP contribution is -2.13. The van der Waals surface area contributed by atoms with Crippen molar-refractivity contribution in [2.45, 2.75) is 13.8 Å². The van der Waals surface area contributed by atoms with Crippen molar-refractivity contribution in [3.8, 4) is 5.75 Å². The first-order valence-corrected chi connectivity index (χ1v) is 7.30. The van der Waals surface area contributed by atoms with E-state index in [1.165, 1.54) is 0 Å². The van der Waals surface area contributed by atoms with Crippen LogP contribution >= 0.6 is 0 Å². The fraction of sp³-hybridized carbons (Fsp3) is 0.231. The van der Waals surface area contributed by atoms with E-state index in [1.807, 2.05) is 26.0 Å². The zero-order valence-corrected chi connectivity index (χ0v) is 11.5. The molecule has 2 rings (SSSR count). The third kappa shape index (κ3) is 3.15. The van der Waals surface area contributed by atoms with Crippen molar-refractivity contribution in [1.82, 2.24) is 0 Å². The first-order chi connectivity index (χ1) is 8.76. The molecule has 2 aromatic carbocycles. The molecule has 0 bridgehead atoms. The number of nitrogens with one attached hydrogen (secondary N) is 1. The molecule has 0 aliphatic carbocycles. The van der Waals surface area contributed by atoms with Crippen LogP contribution < -0.4 is 5.32 Å². The van der Waals surface area contributed by atoms with Gasteiger partial charge in [-0.2, -0.15) is 8.42 Å². The Kier molecular flexibility index (Phi) is 3.38. The largest absolute Gasteiger partial charge is 0.507 e. The second-order valence-corrected chi connectivity index (χ2v) is 6.03. The molecule has 0 spiro atoms. The highest BCUT2D eigenvalue weighted by Gasteiger charge is 2.09. The molecule has 3 N–H and O–H groups in total. The Bertz CT molecular complexity index is 738. The predicted molar refractivity (Wildman–Crippen MR) is 75.1 cm³/mol. The highest BCUT2D eigenvalue weighted by atomic mass is 32.2. The Morgan fingerprint density at radius 1 is 1.16 bits per heavy atom. The van der Waals surface area contributed by atoms with Crippen LogP contribution in [-0.2, 0) is 10.1 Å². The van der Waals surface area contributed by atoms with Crippen LogP contribution in [0.15, 0.2) is 24.3 Å². The Morgan fingerprint density at radius 2 is 1.84 bits per heavy atom. The molecule has 0 amide bonds. The smallest absolute Gasteiger partial charge is 0.283 e. The van der Waals surface area contributed by atoms with E-state index < -0.39 is 16.0 Å². The molecule has 0 atom stereocenters. The highest BCUT2D eigenvalue weighted by Crippen LogP contribution is 2.31. The van der Waals surface area contributed by atoms with E-state index in [-0.39, 0.29) is 5.75 Å². The monoisotopic (exact) mass is 281 g/mol. The molecular weight excluding hydrogens is 266 g/mol. The Labute approximate surface area is 111 Å². The topological polar surface area (TPSA) is 86.6 Å². The van der Waals surface area contributed by atoms with E-state index >= 15 is 0 Å². The van der Waals surface area contributed by atoms with Gasteiger partial charge in [-0.25, -0.2) is 0 Å². The number of phenols is 1. The van der Waals surface area contributed by atoms with Gasteiger partial charge < -0.3 is 10.4 Å². The van der Waals surface area contributed by atoms with Crippen molar-refractivity contribution < 1.29 is 18.1 Å². The van der Waals surface area contributed by atoms with Gasteiger partial charge in [0, 0.05) is 11.1 Å². The van der Waals surface area contributed by atoms with E-state index in [9.17, 15) is 13.5 Å². The average Bonchev–Trinajstić information content (AvgIpc) is 2.25. The van der Waals surface area contributed by atoms with Gasteiger partial charge >= 0.3 is 0 Å². The molecule has 0 radical (unpaired) electrons. The van der Waals surface area contributed by atoms with Gasteiger partial charge in [0.2, 0.25) is 0 Å². The van der Waals surface area contributed by atoms with Crippen LogP contribution in [0, 0.1) is 13.8 Å². The minimum Gasteiger partial charge on any atom is -0.507 e.